The standard InChI is InChI=1S/C9H19ClO3S/c1-9(2)5-3-4-6-13-7-8-14(10,11)12/h9H,3-8H2,1-2H3. The summed E-state index contributed by atoms with van der Waals surface area (Å²) in [5.41, 5.74) is 0. The van der Waals surface area contributed by atoms with Gasteiger partial charge < -0.3 is 4.74 Å². The van der Waals surface area contributed by atoms with Gasteiger partial charge in [0.25, 0.3) is 0 Å². The number of hydrogen-bond acceptors (Lipinski definition) is 3. The second-order valence-electron chi connectivity index (χ2n) is 3.74. The van der Waals surface area contributed by atoms with Crippen LogP contribution < -0.4 is 0 Å². The molecule has 5 heteroatoms. The van der Waals surface area contributed by atoms with Gasteiger partial charge in [-0.2, -0.15) is 0 Å². The number of unbranched alkanes of at least 4 members (excludes halogenated alkanes) is 1. The molecule has 0 aromatic heterocycles. The second-order valence-corrected chi connectivity index (χ2v) is 6.64. The van der Waals surface area contributed by atoms with Crippen LogP contribution in [0.3, 0.4) is 0 Å². The number of rotatable bonds is 8. The Labute approximate surface area is 91.2 Å². The number of halogens is 1. The monoisotopic (exact) mass is 242 g/mol. The molecule has 0 aliphatic rings. The Morgan fingerprint density at radius 3 is 2.36 bits per heavy atom. The van der Waals surface area contributed by atoms with Crippen molar-refractivity contribution in [2.24, 2.45) is 5.92 Å². The fourth-order valence-electron chi connectivity index (χ4n) is 1.02. The third-order valence-corrected chi connectivity index (χ3v) is 2.91. The van der Waals surface area contributed by atoms with Crippen molar-refractivity contribution in [3.8, 4) is 0 Å². The van der Waals surface area contributed by atoms with E-state index in [-0.39, 0.29) is 12.4 Å². The molecule has 0 aliphatic carbocycles. The molecule has 0 aliphatic heterocycles. The summed E-state index contributed by atoms with van der Waals surface area (Å²) in [7, 11) is 1.62. The summed E-state index contributed by atoms with van der Waals surface area (Å²) in [6.07, 6.45) is 3.31. The summed E-state index contributed by atoms with van der Waals surface area (Å²) in [6, 6.07) is 0. The van der Waals surface area contributed by atoms with E-state index in [1.54, 1.807) is 0 Å². The van der Waals surface area contributed by atoms with Gasteiger partial charge in [0, 0.05) is 17.3 Å². The third kappa shape index (κ3) is 12.2. The smallest absolute Gasteiger partial charge is 0.234 e. The van der Waals surface area contributed by atoms with Gasteiger partial charge in [-0.05, 0) is 12.3 Å². The first kappa shape index (κ1) is 14.2. The van der Waals surface area contributed by atoms with Crippen LogP contribution in [0, 0.1) is 5.92 Å². The van der Waals surface area contributed by atoms with Crippen LogP contribution in [0.25, 0.3) is 0 Å². The van der Waals surface area contributed by atoms with Crippen LogP contribution >= 0.6 is 10.7 Å². The van der Waals surface area contributed by atoms with Crippen LogP contribution in [0.15, 0.2) is 0 Å². The molecule has 0 unspecified atom stereocenters. The van der Waals surface area contributed by atoms with Crippen LogP contribution in [0.1, 0.15) is 33.1 Å². The van der Waals surface area contributed by atoms with Crippen molar-refractivity contribution in [2.45, 2.75) is 33.1 Å². The lowest BCUT2D eigenvalue weighted by molar-refractivity contribution is 0.144. The minimum absolute atomic E-state index is 0.0985. The summed E-state index contributed by atoms with van der Waals surface area (Å²) in [4.78, 5) is 0. The largest absolute Gasteiger partial charge is 0.380 e. The van der Waals surface area contributed by atoms with Crippen molar-refractivity contribution >= 4 is 19.7 Å². The average Bonchev–Trinajstić information content (AvgIpc) is 2.00. The highest BCUT2D eigenvalue weighted by molar-refractivity contribution is 8.13. The number of ether oxygens (including phenoxy) is 1. The maximum Gasteiger partial charge on any atom is 0.234 e. The summed E-state index contributed by atoms with van der Waals surface area (Å²) in [5.74, 6) is 0.622. The minimum Gasteiger partial charge on any atom is -0.380 e. The SMILES string of the molecule is CC(C)CCCCOCCS(=O)(=O)Cl. The highest BCUT2D eigenvalue weighted by Gasteiger charge is 2.03. The first-order chi connectivity index (χ1) is 6.42. The van der Waals surface area contributed by atoms with Crippen molar-refractivity contribution in [1.82, 2.24) is 0 Å². The van der Waals surface area contributed by atoms with Crippen molar-refractivity contribution in [2.75, 3.05) is 19.0 Å². The van der Waals surface area contributed by atoms with Crippen molar-refractivity contribution in [3.63, 3.8) is 0 Å². The van der Waals surface area contributed by atoms with E-state index in [0.717, 1.165) is 18.8 Å². The van der Waals surface area contributed by atoms with Crippen molar-refractivity contribution < 1.29 is 13.2 Å². The summed E-state index contributed by atoms with van der Waals surface area (Å²) in [6.45, 7) is 5.19. The van der Waals surface area contributed by atoms with E-state index in [9.17, 15) is 8.42 Å². The van der Waals surface area contributed by atoms with E-state index >= 15 is 0 Å². The van der Waals surface area contributed by atoms with Crippen molar-refractivity contribution in [1.29, 1.82) is 0 Å². The Morgan fingerprint density at radius 1 is 1.21 bits per heavy atom. The molecule has 0 saturated heterocycles. The summed E-state index contributed by atoms with van der Waals surface area (Å²) >= 11 is 0. The fraction of sp³-hybridized carbons (Fsp3) is 1.00. The average molecular weight is 243 g/mol. The van der Waals surface area contributed by atoms with Gasteiger partial charge in [0.05, 0.1) is 12.4 Å². The Bertz CT molecular complexity index is 224. The van der Waals surface area contributed by atoms with Crippen LogP contribution in [0.2, 0.25) is 0 Å². The molecule has 0 fully saturated rings. The molecular formula is C9H19ClO3S. The second kappa shape index (κ2) is 7.49. The van der Waals surface area contributed by atoms with Gasteiger partial charge in [0.15, 0.2) is 0 Å². The van der Waals surface area contributed by atoms with Crippen LogP contribution in [0.5, 0.6) is 0 Å². The van der Waals surface area contributed by atoms with Gasteiger partial charge in [-0.25, -0.2) is 8.42 Å². The molecule has 0 heterocycles. The van der Waals surface area contributed by atoms with E-state index < -0.39 is 9.05 Å². The molecule has 0 aromatic carbocycles. The molecule has 0 saturated carbocycles. The molecule has 86 valence electrons. The Balaban J connectivity index is 3.15. The first-order valence-corrected chi connectivity index (χ1v) is 7.40. The maximum absolute atomic E-state index is 10.5. The quantitative estimate of drug-likeness (QED) is 0.485. The van der Waals surface area contributed by atoms with Gasteiger partial charge in [0.1, 0.15) is 0 Å². The lowest BCUT2D eigenvalue weighted by Crippen LogP contribution is -2.07. The first-order valence-electron chi connectivity index (χ1n) is 4.92. The highest BCUT2D eigenvalue weighted by Crippen LogP contribution is 2.06. The zero-order valence-corrected chi connectivity index (χ0v) is 10.4. The zero-order chi connectivity index (χ0) is 11.0. The van der Waals surface area contributed by atoms with Gasteiger partial charge in [-0.1, -0.05) is 26.7 Å². The van der Waals surface area contributed by atoms with Gasteiger partial charge in [0.2, 0.25) is 9.05 Å². The molecule has 14 heavy (non-hydrogen) atoms. The normalized spacial score (nSPS) is 12.3. The topological polar surface area (TPSA) is 43.4 Å². The molecule has 0 amide bonds. The molecular weight excluding hydrogens is 224 g/mol. The molecule has 0 radical (unpaired) electrons. The van der Waals surface area contributed by atoms with Crippen LogP contribution in [0.4, 0.5) is 0 Å². The fourth-order valence-corrected chi connectivity index (χ4v) is 1.52. The predicted molar refractivity (Wildman–Crippen MR) is 59.1 cm³/mol. The van der Waals surface area contributed by atoms with E-state index in [1.165, 1.54) is 6.42 Å². The Kier molecular flexibility index (Phi) is 7.59. The summed E-state index contributed by atoms with van der Waals surface area (Å²) in [5, 5.41) is 0. The Hall–Kier alpha value is 0.200. The van der Waals surface area contributed by atoms with Crippen LogP contribution in [-0.2, 0) is 13.8 Å². The van der Waals surface area contributed by atoms with E-state index in [2.05, 4.69) is 13.8 Å². The molecule has 3 nitrogen and oxygen atoms in total. The van der Waals surface area contributed by atoms with Crippen LogP contribution in [-0.4, -0.2) is 27.4 Å². The van der Waals surface area contributed by atoms with Crippen molar-refractivity contribution in [3.05, 3.63) is 0 Å². The zero-order valence-electron chi connectivity index (χ0n) is 8.83. The lowest BCUT2D eigenvalue weighted by Gasteiger charge is -2.04. The highest BCUT2D eigenvalue weighted by atomic mass is 35.7. The van der Waals surface area contributed by atoms with Gasteiger partial charge in [-0.15, -0.1) is 0 Å². The lowest BCUT2D eigenvalue weighted by atomic mass is 10.1. The third-order valence-electron chi connectivity index (χ3n) is 1.79. The van der Waals surface area contributed by atoms with E-state index in [0.29, 0.717) is 6.61 Å². The molecule has 0 atom stereocenters. The molecule has 0 bridgehead atoms. The van der Waals surface area contributed by atoms with Gasteiger partial charge >= 0.3 is 0 Å². The van der Waals surface area contributed by atoms with E-state index in [1.807, 2.05) is 0 Å². The Morgan fingerprint density at radius 2 is 1.86 bits per heavy atom. The molecule has 0 spiro atoms. The summed E-state index contributed by atoms with van der Waals surface area (Å²) < 4.78 is 26.1. The minimum atomic E-state index is -3.38. The maximum atomic E-state index is 10.5. The number of hydrogen-bond donors (Lipinski definition) is 0. The van der Waals surface area contributed by atoms with Gasteiger partial charge in [-0.3, -0.25) is 0 Å². The molecule has 0 aromatic rings. The predicted octanol–water partition coefficient (Wildman–Crippen LogP) is 2.40. The molecule has 0 rings (SSSR count). The van der Waals surface area contributed by atoms with E-state index in [4.69, 9.17) is 15.4 Å². The molecule has 0 N–H and O–H groups in total.